The molecule has 1 aliphatic heterocycles. The van der Waals surface area contributed by atoms with Crippen molar-refractivity contribution in [3.63, 3.8) is 0 Å². The van der Waals surface area contributed by atoms with Crippen LogP contribution in [0.5, 0.6) is 11.5 Å². The Labute approximate surface area is 170 Å². The second kappa shape index (κ2) is 8.25. The van der Waals surface area contributed by atoms with Crippen molar-refractivity contribution < 1.29 is 9.47 Å². The molecule has 0 spiro atoms. The van der Waals surface area contributed by atoms with Gasteiger partial charge in [-0.3, -0.25) is 4.90 Å². The highest BCUT2D eigenvalue weighted by molar-refractivity contribution is 6.30. The first-order valence-electron chi connectivity index (χ1n) is 9.40. The third kappa shape index (κ3) is 3.86. The third-order valence-electron chi connectivity index (χ3n) is 5.26. The van der Waals surface area contributed by atoms with Crippen LogP contribution in [0.15, 0.2) is 54.9 Å². The molecule has 1 fully saturated rings. The van der Waals surface area contributed by atoms with Gasteiger partial charge in [-0.05, 0) is 37.2 Å². The molecule has 1 aromatic heterocycles. The fourth-order valence-electron chi connectivity index (χ4n) is 3.92. The summed E-state index contributed by atoms with van der Waals surface area (Å²) in [5.74, 6) is 2.08. The van der Waals surface area contributed by atoms with Gasteiger partial charge in [0.05, 0.1) is 26.1 Å². The average molecular weight is 398 g/mol. The zero-order chi connectivity index (χ0) is 19.5. The first-order valence-corrected chi connectivity index (χ1v) is 9.78. The molecule has 28 heavy (non-hydrogen) atoms. The summed E-state index contributed by atoms with van der Waals surface area (Å²) < 4.78 is 13.0. The molecule has 0 aliphatic carbocycles. The van der Waals surface area contributed by atoms with Crippen molar-refractivity contribution in [1.29, 1.82) is 0 Å². The molecule has 0 saturated carbocycles. The molecule has 1 atom stereocenters. The number of para-hydroxylation sites is 1. The van der Waals surface area contributed by atoms with Crippen LogP contribution in [-0.4, -0.2) is 42.0 Å². The van der Waals surface area contributed by atoms with Crippen LogP contribution >= 0.6 is 11.6 Å². The standard InChI is InChI=1S/C22H24ClN3O2/c1-27-21-8-4-7-20(22(21)28-2)17-9-10-25(15-17)13-16-12-24-26(14-16)19-6-3-5-18(23)11-19/h3-8,11-12,14,17H,9-10,13,15H2,1-2H3. The number of likely N-dealkylation sites (tertiary alicyclic amines) is 1. The van der Waals surface area contributed by atoms with Gasteiger partial charge in [-0.1, -0.05) is 29.8 Å². The van der Waals surface area contributed by atoms with Gasteiger partial charge in [0.1, 0.15) is 0 Å². The van der Waals surface area contributed by atoms with Crippen LogP contribution < -0.4 is 9.47 Å². The van der Waals surface area contributed by atoms with Crippen molar-refractivity contribution in [3.8, 4) is 17.2 Å². The lowest BCUT2D eigenvalue weighted by atomic mass is 9.97. The predicted octanol–water partition coefficient (Wildman–Crippen LogP) is 4.53. The smallest absolute Gasteiger partial charge is 0.164 e. The second-order valence-electron chi connectivity index (χ2n) is 7.08. The minimum Gasteiger partial charge on any atom is -0.493 e. The number of methoxy groups -OCH3 is 2. The van der Waals surface area contributed by atoms with E-state index in [0.29, 0.717) is 10.9 Å². The number of ether oxygens (including phenoxy) is 2. The molecule has 1 saturated heterocycles. The van der Waals surface area contributed by atoms with Gasteiger partial charge >= 0.3 is 0 Å². The monoisotopic (exact) mass is 397 g/mol. The molecular weight excluding hydrogens is 374 g/mol. The van der Waals surface area contributed by atoms with Crippen LogP contribution in [-0.2, 0) is 6.54 Å². The summed E-state index contributed by atoms with van der Waals surface area (Å²) in [7, 11) is 3.39. The minimum absolute atomic E-state index is 0.438. The van der Waals surface area contributed by atoms with Crippen LogP contribution in [0.3, 0.4) is 0 Å². The normalized spacial score (nSPS) is 17.0. The van der Waals surface area contributed by atoms with E-state index in [-0.39, 0.29) is 0 Å². The van der Waals surface area contributed by atoms with Crippen molar-refractivity contribution >= 4 is 11.6 Å². The zero-order valence-electron chi connectivity index (χ0n) is 16.1. The van der Waals surface area contributed by atoms with E-state index in [1.165, 1.54) is 11.1 Å². The molecule has 3 aromatic rings. The summed E-state index contributed by atoms with van der Waals surface area (Å²) in [6.45, 7) is 2.92. The number of hydrogen-bond donors (Lipinski definition) is 0. The molecule has 1 aliphatic rings. The number of benzene rings is 2. The van der Waals surface area contributed by atoms with Crippen molar-refractivity contribution in [2.45, 2.75) is 18.9 Å². The Kier molecular flexibility index (Phi) is 5.55. The lowest BCUT2D eigenvalue weighted by Crippen LogP contribution is -2.19. The maximum Gasteiger partial charge on any atom is 0.164 e. The largest absolute Gasteiger partial charge is 0.493 e. The van der Waals surface area contributed by atoms with Crippen LogP contribution in [0.2, 0.25) is 5.02 Å². The van der Waals surface area contributed by atoms with Crippen LogP contribution in [0.1, 0.15) is 23.5 Å². The Balaban J connectivity index is 1.45. The van der Waals surface area contributed by atoms with Gasteiger partial charge in [0.15, 0.2) is 11.5 Å². The number of hydrogen-bond acceptors (Lipinski definition) is 4. The highest BCUT2D eigenvalue weighted by Crippen LogP contribution is 2.39. The summed E-state index contributed by atoms with van der Waals surface area (Å²) in [5, 5.41) is 5.20. The number of aromatic nitrogens is 2. The van der Waals surface area contributed by atoms with E-state index in [0.717, 1.165) is 43.2 Å². The van der Waals surface area contributed by atoms with Crippen molar-refractivity contribution in [2.24, 2.45) is 0 Å². The topological polar surface area (TPSA) is 39.5 Å². The quantitative estimate of drug-likeness (QED) is 0.612. The summed E-state index contributed by atoms with van der Waals surface area (Å²) in [5.41, 5.74) is 3.39. The Bertz CT molecular complexity index is 956. The summed E-state index contributed by atoms with van der Waals surface area (Å²) in [4.78, 5) is 2.46. The van der Waals surface area contributed by atoms with Crippen LogP contribution in [0.25, 0.3) is 5.69 Å². The molecule has 0 N–H and O–H groups in total. The summed E-state index contributed by atoms with van der Waals surface area (Å²) in [6, 6.07) is 13.8. The predicted molar refractivity (Wildman–Crippen MR) is 111 cm³/mol. The third-order valence-corrected chi connectivity index (χ3v) is 5.50. The fraction of sp³-hybridized carbons (Fsp3) is 0.318. The highest BCUT2D eigenvalue weighted by atomic mass is 35.5. The molecule has 146 valence electrons. The van der Waals surface area contributed by atoms with E-state index in [4.69, 9.17) is 21.1 Å². The van der Waals surface area contributed by atoms with Gasteiger partial charge in [0, 0.05) is 41.4 Å². The summed E-state index contributed by atoms with van der Waals surface area (Å²) >= 11 is 6.09. The minimum atomic E-state index is 0.438. The molecule has 0 amide bonds. The van der Waals surface area contributed by atoms with Crippen molar-refractivity contribution in [3.05, 3.63) is 71.0 Å². The van der Waals surface area contributed by atoms with Gasteiger partial charge in [-0.15, -0.1) is 0 Å². The van der Waals surface area contributed by atoms with E-state index in [2.05, 4.69) is 22.3 Å². The first kappa shape index (κ1) is 18.8. The highest BCUT2D eigenvalue weighted by Gasteiger charge is 2.27. The van der Waals surface area contributed by atoms with Gasteiger partial charge in [-0.25, -0.2) is 4.68 Å². The fourth-order valence-corrected chi connectivity index (χ4v) is 4.11. The van der Waals surface area contributed by atoms with E-state index < -0.39 is 0 Å². The second-order valence-corrected chi connectivity index (χ2v) is 7.51. The number of rotatable bonds is 6. The first-order chi connectivity index (χ1) is 13.7. The molecule has 2 heterocycles. The van der Waals surface area contributed by atoms with E-state index in [1.807, 2.05) is 47.3 Å². The maximum absolute atomic E-state index is 6.09. The Morgan fingerprint density at radius 1 is 1.14 bits per heavy atom. The SMILES string of the molecule is COc1cccc(C2CCN(Cc3cnn(-c4cccc(Cl)c4)c3)C2)c1OC. The Hall–Kier alpha value is -2.50. The zero-order valence-corrected chi connectivity index (χ0v) is 16.9. The molecule has 0 radical (unpaired) electrons. The molecule has 2 aromatic carbocycles. The molecule has 5 nitrogen and oxygen atoms in total. The molecule has 6 heteroatoms. The van der Waals surface area contributed by atoms with Crippen LogP contribution in [0, 0.1) is 0 Å². The maximum atomic E-state index is 6.09. The lowest BCUT2D eigenvalue weighted by molar-refractivity contribution is 0.323. The van der Waals surface area contributed by atoms with Crippen molar-refractivity contribution in [1.82, 2.24) is 14.7 Å². The van der Waals surface area contributed by atoms with Gasteiger partial charge in [0.25, 0.3) is 0 Å². The molecule has 4 rings (SSSR count). The summed E-state index contributed by atoms with van der Waals surface area (Å²) in [6.07, 6.45) is 5.11. The van der Waals surface area contributed by atoms with E-state index in [9.17, 15) is 0 Å². The molecule has 1 unspecified atom stereocenters. The molecule has 0 bridgehead atoms. The Morgan fingerprint density at radius 2 is 2.00 bits per heavy atom. The lowest BCUT2D eigenvalue weighted by Gasteiger charge is -2.18. The van der Waals surface area contributed by atoms with E-state index in [1.54, 1.807) is 14.2 Å². The molecular formula is C22H24ClN3O2. The van der Waals surface area contributed by atoms with Gasteiger partial charge in [-0.2, -0.15) is 5.10 Å². The Morgan fingerprint density at radius 3 is 2.79 bits per heavy atom. The van der Waals surface area contributed by atoms with Crippen LogP contribution in [0.4, 0.5) is 0 Å². The number of nitrogens with zero attached hydrogens (tertiary/aromatic N) is 3. The van der Waals surface area contributed by atoms with Gasteiger partial charge < -0.3 is 9.47 Å². The van der Waals surface area contributed by atoms with E-state index >= 15 is 0 Å². The number of halogens is 1. The van der Waals surface area contributed by atoms with Crippen molar-refractivity contribution in [2.75, 3.05) is 27.3 Å². The van der Waals surface area contributed by atoms with Gasteiger partial charge in [0.2, 0.25) is 0 Å². The average Bonchev–Trinajstić information content (AvgIpc) is 3.37.